The molecule has 1 saturated heterocycles. The van der Waals surface area contributed by atoms with Crippen molar-refractivity contribution >= 4 is 22.6 Å². The molecule has 3 aromatic rings. The first-order valence-electron chi connectivity index (χ1n) is 9.33. The van der Waals surface area contributed by atoms with Crippen LogP contribution in [-0.4, -0.2) is 36.0 Å². The van der Waals surface area contributed by atoms with E-state index >= 15 is 0 Å². The Bertz CT molecular complexity index is 981. The second-order valence-electron chi connectivity index (χ2n) is 6.80. The van der Waals surface area contributed by atoms with E-state index in [0.717, 1.165) is 16.3 Å². The molecule has 3 aromatic carbocycles. The summed E-state index contributed by atoms with van der Waals surface area (Å²) in [6, 6.07) is 23.2. The number of fused-ring (bicyclic) bond motifs is 1. The third-order valence-electron chi connectivity index (χ3n) is 4.85. The standard InChI is InChI=1S/C23H21NO4/c25-20-15-24(23(26)27-16-17-7-2-1-3-8-17)14-13-22(20)28-21-12-6-10-18-9-4-5-11-19(18)21/h1-12,22H,13-16H2. The first kappa shape index (κ1) is 18.0. The van der Waals surface area contributed by atoms with E-state index in [2.05, 4.69) is 0 Å². The second-order valence-corrected chi connectivity index (χ2v) is 6.80. The molecule has 1 heterocycles. The van der Waals surface area contributed by atoms with Crippen LogP contribution in [0.3, 0.4) is 0 Å². The second kappa shape index (κ2) is 8.13. The lowest BCUT2D eigenvalue weighted by atomic mass is 10.1. The maximum atomic E-state index is 12.5. The molecule has 0 spiro atoms. The first-order valence-corrected chi connectivity index (χ1v) is 9.33. The number of hydrogen-bond acceptors (Lipinski definition) is 4. The van der Waals surface area contributed by atoms with Crippen LogP contribution in [-0.2, 0) is 16.1 Å². The van der Waals surface area contributed by atoms with Gasteiger partial charge in [-0.3, -0.25) is 4.79 Å². The summed E-state index contributed by atoms with van der Waals surface area (Å²) in [5.74, 6) is 0.576. The Labute approximate surface area is 163 Å². The minimum Gasteiger partial charge on any atom is -0.482 e. The van der Waals surface area contributed by atoms with Crippen molar-refractivity contribution in [1.29, 1.82) is 0 Å². The van der Waals surface area contributed by atoms with Crippen molar-refractivity contribution in [3.05, 3.63) is 78.4 Å². The molecular weight excluding hydrogens is 354 g/mol. The fourth-order valence-corrected chi connectivity index (χ4v) is 3.35. The Balaban J connectivity index is 1.36. The highest BCUT2D eigenvalue weighted by molar-refractivity contribution is 5.91. The summed E-state index contributed by atoms with van der Waals surface area (Å²) in [4.78, 5) is 26.3. The highest BCUT2D eigenvalue weighted by atomic mass is 16.6. The Kier molecular flexibility index (Phi) is 5.24. The normalized spacial score (nSPS) is 16.8. The van der Waals surface area contributed by atoms with Crippen molar-refractivity contribution in [2.75, 3.05) is 13.1 Å². The van der Waals surface area contributed by atoms with Gasteiger partial charge in [-0.15, -0.1) is 0 Å². The molecule has 0 aliphatic carbocycles. The summed E-state index contributed by atoms with van der Waals surface area (Å²) >= 11 is 0. The van der Waals surface area contributed by atoms with E-state index in [1.165, 1.54) is 4.90 Å². The Morgan fingerprint density at radius 3 is 2.54 bits per heavy atom. The topological polar surface area (TPSA) is 55.8 Å². The van der Waals surface area contributed by atoms with Crippen molar-refractivity contribution in [2.24, 2.45) is 0 Å². The summed E-state index contributed by atoms with van der Waals surface area (Å²) in [5.41, 5.74) is 0.913. The van der Waals surface area contributed by atoms with Gasteiger partial charge in [0.1, 0.15) is 12.4 Å². The maximum absolute atomic E-state index is 12.5. The number of carbonyl (C=O) groups is 2. The monoisotopic (exact) mass is 375 g/mol. The number of nitrogens with zero attached hydrogens (tertiary/aromatic N) is 1. The molecule has 28 heavy (non-hydrogen) atoms. The number of Topliss-reactive ketones (excluding diaryl/α,β-unsaturated/α-hetero) is 1. The van der Waals surface area contributed by atoms with E-state index in [-0.39, 0.29) is 18.9 Å². The number of hydrogen-bond donors (Lipinski definition) is 0. The van der Waals surface area contributed by atoms with Crippen molar-refractivity contribution in [2.45, 2.75) is 19.1 Å². The van der Waals surface area contributed by atoms with Crippen LogP contribution >= 0.6 is 0 Å². The number of benzene rings is 3. The number of rotatable bonds is 4. The molecule has 1 aliphatic heterocycles. The lowest BCUT2D eigenvalue weighted by molar-refractivity contribution is -0.129. The molecule has 1 amide bonds. The molecule has 0 aromatic heterocycles. The molecule has 1 fully saturated rings. The number of piperidine rings is 1. The van der Waals surface area contributed by atoms with E-state index in [1.807, 2.05) is 72.8 Å². The maximum Gasteiger partial charge on any atom is 0.410 e. The average Bonchev–Trinajstić information content (AvgIpc) is 2.74. The van der Waals surface area contributed by atoms with Gasteiger partial charge in [0.25, 0.3) is 0 Å². The smallest absolute Gasteiger partial charge is 0.410 e. The molecule has 1 atom stereocenters. The molecular formula is C23H21NO4. The van der Waals surface area contributed by atoms with E-state index in [1.54, 1.807) is 0 Å². The van der Waals surface area contributed by atoms with Crippen LogP contribution in [0.15, 0.2) is 72.8 Å². The summed E-state index contributed by atoms with van der Waals surface area (Å²) < 4.78 is 11.3. The van der Waals surface area contributed by atoms with Gasteiger partial charge in [0.2, 0.25) is 0 Å². The van der Waals surface area contributed by atoms with Gasteiger partial charge in [0.05, 0.1) is 6.54 Å². The van der Waals surface area contributed by atoms with Gasteiger partial charge in [0.15, 0.2) is 11.9 Å². The Hall–Kier alpha value is -3.34. The van der Waals surface area contributed by atoms with Gasteiger partial charge in [-0.25, -0.2) is 4.79 Å². The van der Waals surface area contributed by atoms with Crippen molar-refractivity contribution in [1.82, 2.24) is 4.90 Å². The molecule has 0 N–H and O–H groups in total. The summed E-state index contributed by atoms with van der Waals surface area (Å²) in [6.07, 6.45) is -0.576. The molecule has 4 rings (SSSR count). The zero-order valence-corrected chi connectivity index (χ0v) is 15.4. The molecule has 1 aliphatic rings. The van der Waals surface area contributed by atoms with Crippen molar-refractivity contribution < 1.29 is 19.1 Å². The van der Waals surface area contributed by atoms with Crippen LogP contribution in [0.4, 0.5) is 4.79 Å². The zero-order chi connectivity index (χ0) is 19.3. The van der Waals surface area contributed by atoms with E-state index in [0.29, 0.717) is 18.7 Å². The van der Waals surface area contributed by atoms with Gasteiger partial charge in [0, 0.05) is 18.4 Å². The number of amides is 1. The van der Waals surface area contributed by atoms with E-state index in [4.69, 9.17) is 9.47 Å². The molecule has 1 unspecified atom stereocenters. The fourth-order valence-electron chi connectivity index (χ4n) is 3.35. The predicted octanol–water partition coefficient (Wildman–Crippen LogP) is 4.20. The predicted molar refractivity (Wildman–Crippen MR) is 106 cm³/mol. The molecule has 0 saturated carbocycles. The van der Waals surface area contributed by atoms with Gasteiger partial charge < -0.3 is 14.4 Å². The Morgan fingerprint density at radius 1 is 0.964 bits per heavy atom. The van der Waals surface area contributed by atoms with Crippen LogP contribution in [0.1, 0.15) is 12.0 Å². The number of carbonyl (C=O) groups excluding carboxylic acids is 2. The van der Waals surface area contributed by atoms with Crippen LogP contribution < -0.4 is 4.74 Å². The van der Waals surface area contributed by atoms with Gasteiger partial charge in [-0.1, -0.05) is 66.7 Å². The highest BCUT2D eigenvalue weighted by Crippen LogP contribution is 2.27. The van der Waals surface area contributed by atoms with Crippen molar-refractivity contribution in [3.8, 4) is 5.75 Å². The third kappa shape index (κ3) is 3.98. The van der Waals surface area contributed by atoms with E-state index in [9.17, 15) is 9.59 Å². The highest BCUT2D eigenvalue weighted by Gasteiger charge is 2.32. The van der Waals surface area contributed by atoms with Crippen LogP contribution in [0.5, 0.6) is 5.75 Å². The summed E-state index contributed by atoms with van der Waals surface area (Å²) in [7, 11) is 0. The van der Waals surface area contributed by atoms with Crippen molar-refractivity contribution in [3.63, 3.8) is 0 Å². The Morgan fingerprint density at radius 2 is 1.71 bits per heavy atom. The third-order valence-corrected chi connectivity index (χ3v) is 4.85. The fraction of sp³-hybridized carbons (Fsp3) is 0.217. The quantitative estimate of drug-likeness (QED) is 0.686. The number of ketones is 1. The lowest BCUT2D eigenvalue weighted by Crippen LogP contribution is -2.48. The molecule has 0 bridgehead atoms. The molecule has 0 radical (unpaired) electrons. The summed E-state index contributed by atoms with van der Waals surface area (Å²) in [6.45, 7) is 0.623. The van der Waals surface area contributed by atoms with E-state index < -0.39 is 12.2 Å². The van der Waals surface area contributed by atoms with Gasteiger partial charge >= 0.3 is 6.09 Å². The minimum atomic E-state index is -0.552. The van der Waals surface area contributed by atoms with Gasteiger partial charge in [-0.2, -0.15) is 0 Å². The average molecular weight is 375 g/mol. The van der Waals surface area contributed by atoms with Gasteiger partial charge in [-0.05, 0) is 17.0 Å². The number of ether oxygens (including phenoxy) is 2. The lowest BCUT2D eigenvalue weighted by Gasteiger charge is -2.30. The molecule has 5 heteroatoms. The number of likely N-dealkylation sites (tertiary alicyclic amines) is 1. The van der Waals surface area contributed by atoms with Crippen LogP contribution in [0.2, 0.25) is 0 Å². The molecule has 142 valence electrons. The van der Waals surface area contributed by atoms with Crippen LogP contribution in [0, 0.1) is 0 Å². The summed E-state index contributed by atoms with van der Waals surface area (Å²) in [5, 5.41) is 2.04. The molecule has 5 nitrogen and oxygen atoms in total. The minimum absolute atomic E-state index is 0.00303. The SMILES string of the molecule is O=C1CN(C(=O)OCc2ccccc2)CCC1Oc1cccc2ccccc12. The van der Waals surface area contributed by atoms with Crippen LogP contribution in [0.25, 0.3) is 10.8 Å². The largest absolute Gasteiger partial charge is 0.482 e. The zero-order valence-electron chi connectivity index (χ0n) is 15.4. The first-order chi connectivity index (χ1) is 13.7.